The Morgan fingerprint density at radius 3 is 2.93 bits per heavy atom. The zero-order chi connectivity index (χ0) is 9.76. The Balaban J connectivity index is 2.29. The number of nitrogens with zero attached hydrogens (tertiary/aromatic N) is 1. The lowest BCUT2D eigenvalue weighted by Crippen LogP contribution is -2.19. The first-order valence-electron chi connectivity index (χ1n) is 4.62. The number of aromatic nitrogens is 2. The third-order valence-corrected chi connectivity index (χ3v) is 3.30. The molecule has 1 heterocycles. The van der Waals surface area contributed by atoms with Crippen molar-refractivity contribution in [3.63, 3.8) is 0 Å². The molecule has 4 heteroatoms. The van der Waals surface area contributed by atoms with Crippen LogP contribution in [0.5, 0.6) is 0 Å². The van der Waals surface area contributed by atoms with Crippen LogP contribution in [0.15, 0.2) is 22.7 Å². The van der Waals surface area contributed by atoms with Crippen LogP contribution in [0.3, 0.4) is 0 Å². The van der Waals surface area contributed by atoms with Crippen LogP contribution >= 0.6 is 15.9 Å². The largest absolute Gasteiger partial charge is 0.320 e. The van der Waals surface area contributed by atoms with E-state index in [0.717, 1.165) is 33.9 Å². The predicted octanol–water partition coefficient (Wildman–Crippen LogP) is 2.27. The van der Waals surface area contributed by atoms with Crippen molar-refractivity contribution < 1.29 is 0 Å². The van der Waals surface area contributed by atoms with Crippen LogP contribution in [0.25, 0.3) is 10.9 Å². The number of aromatic amines is 1. The molecule has 1 aliphatic rings. The number of benzene rings is 1. The van der Waals surface area contributed by atoms with Crippen LogP contribution in [-0.2, 0) is 5.54 Å². The van der Waals surface area contributed by atoms with Gasteiger partial charge in [0.2, 0.25) is 0 Å². The standard InChI is InChI=1S/C10H10BrN3/c11-6-1-2-8-7(5-6)9(14-13-8)10(12)3-4-10/h1-2,5H,3-4,12H2,(H,13,14). The van der Waals surface area contributed by atoms with Crippen LogP contribution in [0.4, 0.5) is 0 Å². The van der Waals surface area contributed by atoms with Gasteiger partial charge < -0.3 is 5.73 Å². The zero-order valence-corrected chi connectivity index (χ0v) is 9.13. The lowest BCUT2D eigenvalue weighted by atomic mass is 10.1. The maximum atomic E-state index is 6.14. The highest BCUT2D eigenvalue weighted by Gasteiger charge is 2.42. The third kappa shape index (κ3) is 1.11. The Morgan fingerprint density at radius 2 is 2.21 bits per heavy atom. The van der Waals surface area contributed by atoms with E-state index in [9.17, 15) is 0 Å². The maximum Gasteiger partial charge on any atom is 0.0925 e. The van der Waals surface area contributed by atoms with Crippen molar-refractivity contribution in [2.24, 2.45) is 5.73 Å². The van der Waals surface area contributed by atoms with E-state index >= 15 is 0 Å². The molecule has 0 saturated heterocycles. The molecule has 0 unspecified atom stereocenters. The van der Waals surface area contributed by atoms with Crippen LogP contribution in [-0.4, -0.2) is 10.2 Å². The number of rotatable bonds is 1. The molecule has 14 heavy (non-hydrogen) atoms. The number of halogens is 1. The van der Waals surface area contributed by atoms with Gasteiger partial charge in [-0.2, -0.15) is 5.10 Å². The van der Waals surface area contributed by atoms with E-state index in [1.54, 1.807) is 0 Å². The first-order chi connectivity index (χ1) is 6.69. The van der Waals surface area contributed by atoms with Gasteiger partial charge in [0.05, 0.1) is 16.7 Å². The number of hydrogen-bond donors (Lipinski definition) is 2. The van der Waals surface area contributed by atoms with E-state index in [4.69, 9.17) is 5.73 Å². The van der Waals surface area contributed by atoms with E-state index in [1.807, 2.05) is 12.1 Å². The van der Waals surface area contributed by atoms with Gasteiger partial charge >= 0.3 is 0 Å². The molecule has 3 nitrogen and oxygen atoms in total. The Morgan fingerprint density at radius 1 is 1.43 bits per heavy atom. The second-order valence-electron chi connectivity index (χ2n) is 3.92. The summed E-state index contributed by atoms with van der Waals surface area (Å²) in [6, 6.07) is 6.05. The van der Waals surface area contributed by atoms with Gasteiger partial charge in [0.15, 0.2) is 0 Å². The average molecular weight is 252 g/mol. The van der Waals surface area contributed by atoms with Gasteiger partial charge in [-0.3, -0.25) is 5.10 Å². The minimum atomic E-state index is -0.143. The van der Waals surface area contributed by atoms with Gasteiger partial charge in [-0.15, -0.1) is 0 Å². The number of H-pyrrole nitrogens is 1. The van der Waals surface area contributed by atoms with E-state index in [2.05, 4.69) is 32.2 Å². The highest BCUT2D eigenvalue weighted by Crippen LogP contribution is 2.44. The lowest BCUT2D eigenvalue weighted by molar-refractivity contribution is 0.708. The Bertz CT molecular complexity index is 499. The lowest BCUT2D eigenvalue weighted by Gasteiger charge is -2.05. The summed E-state index contributed by atoms with van der Waals surface area (Å²) in [5.74, 6) is 0. The predicted molar refractivity (Wildman–Crippen MR) is 58.9 cm³/mol. The molecular formula is C10H10BrN3. The summed E-state index contributed by atoms with van der Waals surface area (Å²) >= 11 is 3.46. The highest BCUT2D eigenvalue weighted by molar-refractivity contribution is 9.10. The molecule has 72 valence electrons. The van der Waals surface area contributed by atoms with Crippen molar-refractivity contribution in [3.05, 3.63) is 28.4 Å². The topological polar surface area (TPSA) is 54.7 Å². The Hall–Kier alpha value is -0.870. The molecule has 0 atom stereocenters. The van der Waals surface area contributed by atoms with E-state index < -0.39 is 0 Å². The van der Waals surface area contributed by atoms with Gasteiger partial charge in [0, 0.05) is 9.86 Å². The summed E-state index contributed by atoms with van der Waals surface area (Å²) in [5.41, 5.74) is 8.06. The quantitative estimate of drug-likeness (QED) is 0.817. The van der Waals surface area contributed by atoms with Crippen LogP contribution < -0.4 is 5.73 Å². The number of nitrogens with two attached hydrogens (primary N) is 1. The van der Waals surface area contributed by atoms with Crippen LogP contribution in [0, 0.1) is 0 Å². The molecule has 1 aromatic heterocycles. The van der Waals surface area contributed by atoms with Gasteiger partial charge in [-0.25, -0.2) is 0 Å². The third-order valence-electron chi connectivity index (χ3n) is 2.80. The van der Waals surface area contributed by atoms with Gasteiger partial charge in [-0.1, -0.05) is 15.9 Å². The second kappa shape index (κ2) is 2.58. The van der Waals surface area contributed by atoms with Crippen molar-refractivity contribution >= 4 is 26.8 Å². The molecule has 0 aliphatic heterocycles. The number of fused-ring (bicyclic) bond motifs is 1. The molecule has 1 aromatic carbocycles. The molecule has 0 spiro atoms. The van der Waals surface area contributed by atoms with Gasteiger partial charge in [0.25, 0.3) is 0 Å². The molecule has 3 N–H and O–H groups in total. The normalized spacial score (nSPS) is 18.7. The maximum absolute atomic E-state index is 6.14. The van der Waals surface area contributed by atoms with Crippen molar-refractivity contribution in [1.29, 1.82) is 0 Å². The van der Waals surface area contributed by atoms with Gasteiger partial charge in [-0.05, 0) is 31.0 Å². The number of nitrogens with one attached hydrogen (secondary N) is 1. The fraction of sp³-hybridized carbons (Fsp3) is 0.300. The summed E-state index contributed by atoms with van der Waals surface area (Å²) in [7, 11) is 0. The average Bonchev–Trinajstić information content (AvgIpc) is 2.77. The summed E-state index contributed by atoms with van der Waals surface area (Å²) in [5, 5.41) is 8.43. The summed E-state index contributed by atoms with van der Waals surface area (Å²) in [4.78, 5) is 0. The van der Waals surface area contributed by atoms with Crippen LogP contribution in [0.1, 0.15) is 18.5 Å². The van der Waals surface area contributed by atoms with E-state index in [1.165, 1.54) is 0 Å². The summed E-state index contributed by atoms with van der Waals surface area (Å²) < 4.78 is 1.07. The van der Waals surface area contributed by atoms with E-state index in [-0.39, 0.29) is 5.54 Å². The fourth-order valence-corrected chi connectivity index (χ4v) is 2.11. The smallest absolute Gasteiger partial charge is 0.0925 e. The van der Waals surface area contributed by atoms with E-state index in [0.29, 0.717) is 0 Å². The Labute approximate surface area is 89.8 Å². The van der Waals surface area contributed by atoms with Crippen molar-refractivity contribution in [2.75, 3.05) is 0 Å². The highest BCUT2D eigenvalue weighted by atomic mass is 79.9. The summed E-state index contributed by atoms with van der Waals surface area (Å²) in [6.45, 7) is 0. The number of hydrogen-bond acceptors (Lipinski definition) is 2. The molecule has 0 amide bonds. The zero-order valence-electron chi connectivity index (χ0n) is 7.55. The molecule has 2 aromatic rings. The van der Waals surface area contributed by atoms with Crippen LogP contribution in [0.2, 0.25) is 0 Å². The van der Waals surface area contributed by atoms with Crippen molar-refractivity contribution in [1.82, 2.24) is 10.2 Å². The van der Waals surface area contributed by atoms with Crippen molar-refractivity contribution in [3.8, 4) is 0 Å². The minimum absolute atomic E-state index is 0.143. The Kier molecular flexibility index (Phi) is 1.56. The van der Waals surface area contributed by atoms with Gasteiger partial charge in [0.1, 0.15) is 0 Å². The van der Waals surface area contributed by atoms with Crippen molar-refractivity contribution in [2.45, 2.75) is 18.4 Å². The molecule has 0 bridgehead atoms. The first-order valence-corrected chi connectivity index (χ1v) is 5.41. The molecule has 1 aliphatic carbocycles. The molecule has 1 saturated carbocycles. The fourth-order valence-electron chi connectivity index (χ4n) is 1.75. The monoisotopic (exact) mass is 251 g/mol. The molecular weight excluding hydrogens is 242 g/mol. The summed E-state index contributed by atoms with van der Waals surface area (Å²) in [6.07, 6.45) is 2.10. The first kappa shape index (κ1) is 8.44. The minimum Gasteiger partial charge on any atom is -0.320 e. The molecule has 0 radical (unpaired) electrons. The second-order valence-corrected chi connectivity index (χ2v) is 4.83. The molecule has 1 fully saturated rings. The SMILES string of the molecule is NC1(c2[nH]nc3ccc(Br)cc23)CC1. The molecule has 3 rings (SSSR count).